The molecule has 1 aromatic carbocycles. The van der Waals surface area contributed by atoms with Crippen molar-refractivity contribution in [3.63, 3.8) is 0 Å². The number of amidine groups is 1. The zero-order chi connectivity index (χ0) is 15.8. The standard InChI is InChI=1S/C19H27N3/c1-18(2)10-9-16(20-11-18)14-5-7-15(8-6-14)17-21-12-19(3,4)13-22-17/h5-9,20H,10-13H2,1-4H3,(H,21,22). The summed E-state index contributed by atoms with van der Waals surface area (Å²) >= 11 is 0. The van der Waals surface area contributed by atoms with E-state index < -0.39 is 0 Å². The number of hydrogen-bond donors (Lipinski definition) is 2. The maximum Gasteiger partial charge on any atom is 0.128 e. The lowest BCUT2D eigenvalue weighted by Crippen LogP contribution is -2.41. The van der Waals surface area contributed by atoms with E-state index in [1.807, 2.05) is 0 Å². The molecule has 3 nitrogen and oxygen atoms in total. The molecule has 2 aliphatic heterocycles. The van der Waals surface area contributed by atoms with E-state index in [1.165, 1.54) is 16.8 Å². The molecule has 0 spiro atoms. The molecule has 2 N–H and O–H groups in total. The highest BCUT2D eigenvalue weighted by atomic mass is 15.0. The van der Waals surface area contributed by atoms with Crippen LogP contribution >= 0.6 is 0 Å². The summed E-state index contributed by atoms with van der Waals surface area (Å²) in [5.41, 5.74) is 4.31. The molecule has 1 aromatic rings. The fraction of sp³-hybridized carbons (Fsp3) is 0.526. The van der Waals surface area contributed by atoms with Crippen LogP contribution in [0, 0.1) is 10.8 Å². The van der Waals surface area contributed by atoms with Gasteiger partial charge < -0.3 is 10.6 Å². The van der Waals surface area contributed by atoms with E-state index in [9.17, 15) is 0 Å². The van der Waals surface area contributed by atoms with Crippen LogP contribution in [0.1, 0.15) is 45.2 Å². The molecular weight excluding hydrogens is 270 g/mol. The fourth-order valence-electron chi connectivity index (χ4n) is 2.81. The smallest absolute Gasteiger partial charge is 0.128 e. The van der Waals surface area contributed by atoms with Gasteiger partial charge in [-0.15, -0.1) is 0 Å². The minimum atomic E-state index is 0.257. The van der Waals surface area contributed by atoms with Gasteiger partial charge in [-0.1, -0.05) is 58.0 Å². The fourth-order valence-corrected chi connectivity index (χ4v) is 2.81. The molecule has 0 radical (unpaired) electrons. The van der Waals surface area contributed by atoms with E-state index in [1.54, 1.807) is 0 Å². The van der Waals surface area contributed by atoms with Crippen LogP contribution in [0.4, 0.5) is 0 Å². The molecular formula is C19H27N3. The van der Waals surface area contributed by atoms with Gasteiger partial charge in [0.1, 0.15) is 5.84 Å². The number of allylic oxidation sites excluding steroid dienone is 1. The summed E-state index contributed by atoms with van der Waals surface area (Å²) in [5.74, 6) is 1.03. The molecule has 0 fully saturated rings. The van der Waals surface area contributed by atoms with Crippen molar-refractivity contribution in [3.05, 3.63) is 41.5 Å². The summed E-state index contributed by atoms with van der Waals surface area (Å²) in [4.78, 5) is 4.69. The largest absolute Gasteiger partial charge is 0.384 e. The van der Waals surface area contributed by atoms with Crippen LogP contribution < -0.4 is 10.6 Å². The maximum atomic E-state index is 4.69. The van der Waals surface area contributed by atoms with Crippen molar-refractivity contribution >= 4 is 11.5 Å². The van der Waals surface area contributed by atoms with Crippen molar-refractivity contribution in [1.29, 1.82) is 0 Å². The van der Waals surface area contributed by atoms with E-state index in [0.717, 1.165) is 31.9 Å². The van der Waals surface area contributed by atoms with Crippen LogP contribution in [0.25, 0.3) is 5.70 Å². The number of hydrogen-bond acceptors (Lipinski definition) is 3. The summed E-state index contributed by atoms with van der Waals surface area (Å²) in [6.45, 7) is 12.0. The molecule has 2 aliphatic rings. The van der Waals surface area contributed by atoms with Crippen LogP contribution in [0.5, 0.6) is 0 Å². The van der Waals surface area contributed by atoms with Crippen molar-refractivity contribution in [2.24, 2.45) is 15.8 Å². The zero-order valence-corrected chi connectivity index (χ0v) is 14.2. The Morgan fingerprint density at radius 1 is 0.864 bits per heavy atom. The lowest BCUT2D eigenvalue weighted by Gasteiger charge is -2.30. The highest BCUT2D eigenvalue weighted by Crippen LogP contribution is 2.28. The molecule has 0 aliphatic carbocycles. The van der Waals surface area contributed by atoms with E-state index in [-0.39, 0.29) is 5.41 Å². The Morgan fingerprint density at radius 3 is 2.05 bits per heavy atom. The maximum absolute atomic E-state index is 4.69. The second kappa shape index (κ2) is 5.45. The first-order valence-electron chi connectivity index (χ1n) is 8.18. The van der Waals surface area contributed by atoms with Gasteiger partial charge in [-0.3, -0.25) is 4.99 Å². The number of nitrogens with zero attached hydrogens (tertiary/aromatic N) is 1. The summed E-state index contributed by atoms with van der Waals surface area (Å²) in [6, 6.07) is 8.72. The zero-order valence-electron chi connectivity index (χ0n) is 14.2. The van der Waals surface area contributed by atoms with Crippen LogP contribution in [-0.4, -0.2) is 25.5 Å². The third-order valence-corrected chi connectivity index (χ3v) is 4.49. The summed E-state index contributed by atoms with van der Waals surface area (Å²) < 4.78 is 0. The summed E-state index contributed by atoms with van der Waals surface area (Å²) in [6.07, 6.45) is 3.44. The molecule has 0 unspecified atom stereocenters. The Labute approximate surface area is 133 Å². The monoisotopic (exact) mass is 297 g/mol. The number of aliphatic imine (C=N–C) groups is 1. The molecule has 3 rings (SSSR count). The van der Waals surface area contributed by atoms with Gasteiger partial charge in [-0.05, 0) is 17.4 Å². The van der Waals surface area contributed by atoms with Gasteiger partial charge >= 0.3 is 0 Å². The molecule has 0 atom stereocenters. The molecule has 0 saturated heterocycles. The Kier molecular flexibility index (Phi) is 3.75. The van der Waals surface area contributed by atoms with Crippen molar-refractivity contribution in [1.82, 2.24) is 10.6 Å². The second-order valence-corrected chi connectivity index (χ2v) is 8.10. The number of rotatable bonds is 2. The van der Waals surface area contributed by atoms with Gasteiger partial charge in [0.05, 0.1) is 0 Å². The number of benzene rings is 1. The van der Waals surface area contributed by atoms with Gasteiger partial charge in [-0.25, -0.2) is 0 Å². The van der Waals surface area contributed by atoms with E-state index >= 15 is 0 Å². The van der Waals surface area contributed by atoms with Crippen molar-refractivity contribution in [3.8, 4) is 0 Å². The van der Waals surface area contributed by atoms with Crippen LogP contribution in [0.15, 0.2) is 35.3 Å². The van der Waals surface area contributed by atoms with Crippen LogP contribution in [0.3, 0.4) is 0 Å². The topological polar surface area (TPSA) is 36.4 Å². The highest BCUT2D eigenvalue weighted by Gasteiger charge is 2.23. The van der Waals surface area contributed by atoms with Crippen molar-refractivity contribution in [2.75, 3.05) is 19.6 Å². The third-order valence-electron chi connectivity index (χ3n) is 4.49. The van der Waals surface area contributed by atoms with E-state index in [4.69, 9.17) is 0 Å². The predicted octanol–water partition coefficient (Wildman–Crippen LogP) is 3.42. The Hall–Kier alpha value is -1.77. The quantitative estimate of drug-likeness (QED) is 0.877. The van der Waals surface area contributed by atoms with Gasteiger partial charge in [0.15, 0.2) is 0 Å². The highest BCUT2D eigenvalue weighted by molar-refractivity contribution is 5.99. The van der Waals surface area contributed by atoms with Gasteiger partial charge in [0.25, 0.3) is 0 Å². The van der Waals surface area contributed by atoms with Crippen LogP contribution in [0.2, 0.25) is 0 Å². The van der Waals surface area contributed by atoms with Gasteiger partial charge in [0.2, 0.25) is 0 Å². The normalized spacial score (nSPS) is 22.9. The van der Waals surface area contributed by atoms with Crippen molar-refractivity contribution < 1.29 is 0 Å². The van der Waals surface area contributed by atoms with Crippen LogP contribution in [-0.2, 0) is 0 Å². The Bertz CT molecular complexity index is 551. The van der Waals surface area contributed by atoms with Gasteiger partial charge in [-0.2, -0.15) is 0 Å². The minimum absolute atomic E-state index is 0.257. The Balaban J connectivity index is 1.74. The van der Waals surface area contributed by atoms with E-state index in [2.05, 4.69) is 73.7 Å². The molecule has 0 saturated carbocycles. The second-order valence-electron chi connectivity index (χ2n) is 8.10. The molecule has 0 bridgehead atoms. The van der Waals surface area contributed by atoms with Crippen molar-refractivity contribution in [2.45, 2.75) is 34.1 Å². The minimum Gasteiger partial charge on any atom is -0.384 e. The molecule has 22 heavy (non-hydrogen) atoms. The first kappa shape index (κ1) is 15.1. The lowest BCUT2D eigenvalue weighted by atomic mass is 9.85. The molecule has 0 amide bonds. The first-order valence-corrected chi connectivity index (χ1v) is 8.18. The third kappa shape index (κ3) is 3.34. The van der Waals surface area contributed by atoms with E-state index in [0.29, 0.717) is 5.41 Å². The molecule has 3 heteroatoms. The lowest BCUT2D eigenvalue weighted by molar-refractivity contribution is 0.354. The Morgan fingerprint density at radius 2 is 1.50 bits per heavy atom. The van der Waals surface area contributed by atoms with Gasteiger partial charge in [0, 0.05) is 36.3 Å². The number of nitrogens with one attached hydrogen (secondary N) is 2. The molecule has 118 valence electrons. The SMILES string of the molecule is CC1(C)CC=C(c2ccc(C3=NCC(C)(C)CN3)cc2)NC1. The molecule has 2 heterocycles. The predicted molar refractivity (Wildman–Crippen MR) is 94.0 cm³/mol. The first-order chi connectivity index (χ1) is 10.3. The molecule has 0 aromatic heterocycles. The summed E-state index contributed by atoms with van der Waals surface area (Å²) in [5, 5.41) is 7.01. The average Bonchev–Trinajstić information content (AvgIpc) is 2.48. The summed E-state index contributed by atoms with van der Waals surface area (Å²) in [7, 11) is 0. The average molecular weight is 297 g/mol.